The highest BCUT2D eigenvalue weighted by Crippen LogP contribution is 2.23. The Kier molecular flexibility index (Phi) is 2.18. The Morgan fingerprint density at radius 2 is 2.25 bits per heavy atom. The average Bonchev–Trinajstić information content (AvgIpc) is 2.86. The topological polar surface area (TPSA) is 31.0 Å². The zero-order valence-corrected chi connectivity index (χ0v) is 9.19. The summed E-state index contributed by atoms with van der Waals surface area (Å²) in [4.78, 5) is 3.99. The first kappa shape index (κ1) is 9.48. The fraction of sp³-hybridized carbons (Fsp3) is 0.0833. The van der Waals surface area contributed by atoms with E-state index in [0.29, 0.717) is 6.54 Å². The van der Waals surface area contributed by atoms with E-state index in [1.54, 1.807) is 12.5 Å². The van der Waals surface area contributed by atoms with Crippen LogP contribution in [0.5, 0.6) is 0 Å². The summed E-state index contributed by atoms with van der Waals surface area (Å²) >= 11 is 5.91. The second-order valence-corrected chi connectivity index (χ2v) is 4.07. The Hall–Kier alpha value is -1.74. The van der Waals surface area contributed by atoms with Gasteiger partial charge in [-0.2, -0.15) is 0 Å². The van der Waals surface area contributed by atoms with Crippen molar-refractivity contribution >= 4 is 22.6 Å². The first-order valence-electron chi connectivity index (χ1n) is 4.95. The van der Waals surface area contributed by atoms with Crippen molar-refractivity contribution in [3.05, 3.63) is 53.8 Å². The number of hydrogen-bond donors (Lipinski definition) is 0. The van der Waals surface area contributed by atoms with E-state index in [-0.39, 0.29) is 0 Å². The van der Waals surface area contributed by atoms with Crippen molar-refractivity contribution in [2.24, 2.45) is 0 Å². The Labute approximate surface area is 97.3 Å². The van der Waals surface area contributed by atoms with Crippen molar-refractivity contribution in [3.8, 4) is 0 Å². The molecular weight excluding hydrogens is 224 g/mol. The van der Waals surface area contributed by atoms with E-state index in [2.05, 4.69) is 4.98 Å². The molecule has 0 bridgehead atoms. The lowest BCUT2D eigenvalue weighted by atomic mass is 10.2. The van der Waals surface area contributed by atoms with Gasteiger partial charge in [-0.25, -0.2) is 4.98 Å². The standard InChI is InChI=1S/C12H9ClN2O/c13-10-1-2-12-9(5-10)6-11(16-12)7-15-4-3-14-8-15/h1-6,8H,7H2. The van der Waals surface area contributed by atoms with Gasteiger partial charge >= 0.3 is 0 Å². The lowest BCUT2D eigenvalue weighted by molar-refractivity contribution is 0.528. The quantitative estimate of drug-likeness (QED) is 0.679. The maximum atomic E-state index is 5.91. The molecule has 0 aliphatic heterocycles. The molecule has 0 spiro atoms. The molecule has 2 aromatic heterocycles. The second kappa shape index (κ2) is 3.68. The van der Waals surface area contributed by atoms with Gasteiger partial charge in [0.25, 0.3) is 0 Å². The number of hydrogen-bond acceptors (Lipinski definition) is 2. The van der Waals surface area contributed by atoms with Crippen LogP contribution in [0, 0.1) is 0 Å². The van der Waals surface area contributed by atoms with Crippen LogP contribution in [0.2, 0.25) is 5.02 Å². The Balaban J connectivity index is 1.99. The van der Waals surface area contributed by atoms with Crippen molar-refractivity contribution in [1.29, 1.82) is 0 Å². The van der Waals surface area contributed by atoms with Crippen LogP contribution in [-0.2, 0) is 6.54 Å². The zero-order valence-electron chi connectivity index (χ0n) is 8.43. The Morgan fingerprint density at radius 1 is 1.31 bits per heavy atom. The van der Waals surface area contributed by atoms with Crippen LogP contribution in [0.3, 0.4) is 0 Å². The van der Waals surface area contributed by atoms with Crippen LogP contribution < -0.4 is 0 Å². The van der Waals surface area contributed by atoms with Gasteiger partial charge in [0.1, 0.15) is 11.3 Å². The van der Waals surface area contributed by atoms with E-state index in [4.69, 9.17) is 16.0 Å². The monoisotopic (exact) mass is 232 g/mol. The normalized spacial score (nSPS) is 11.1. The summed E-state index contributed by atoms with van der Waals surface area (Å²) in [5.74, 6) is 0.898. The molecule has 1 aromatic carbocycles. The fourth-order valence-corrected chi connectivity index (χ4v) is 1.89. The van der Waals surface area contributed by atoms with Gasteiger partial charge in [-0.15, -0.1) is 0 Å². The van der Waals surface area contributed by atoms with Crippen LogP contribution in [0.1, 0.15) is 5.76 Å². The van der Waals surface area contributed by atoms with Crippen LogP contribution in [-0.4, -0.2) is 9.55 Å². The van der Waals surface area contributed by atoms with Crippen molar-refractivity contribution < 1.29 is 4.42 Å². The molecule has 0 aliphatic carbocycles. The maximum absolute atomic E-state index is 5.91. The molecular formula is C12H9ClN2O. The largest absolute Gasteiger partial charge is 0.459 e. The molecule has 0 amide bonds. The predicted molar refractivity (Wildman–Crippen MR) is 62.6 cm³/mol. The molecule has 0 aliphatic rings. The second-order valence-electron chi connectivity index (χ2n) is 3.63. The summed E-state index contributed by atoms with van der Waals surface area (Å²) in [5, 5.41) is 1.75. The molecule has 3 nitrogen and oxygen atoms in total. The number of furan rings is 1. The third-order valence-electron chi connectivity index (χ3n) is 2.43. The molecule has 3 aromatic rings. The molecule has 0 N–H and O–H groups in total. The van der Waals surface area contributed by atoms with Gasteiger partial charge in [-0.1, -0.05) is 11.6 Å². The van der Waals surface area contributed by atoms with Crippen molar-refractivity contribution in [2.75, 3.05) is 0 Å². The van der Waals surface area contributed by atoms with E-state index in [9.17, 15) is 0 Å². The van der Waals surface area contributed by atoms with E-state index in [1.807, 2.05) is 35.0 Å². The van der Waals surface area contributed by atoms with Gasteiger partial charge in [0.2, 0.25) is 0 Å². The minimum atomic E-state index is 0.687. The molecule has 0 atom stereocenters. The van der Waals surface area contributed by atoms with Crippen molar-refractivity contribution in [3.63, 3.8) is 0 Å². The highest BCUT2D eigenvalue weighted by atomic mass is 35.5. The number of rotatable bonds is 2. The van der Waals surface area contributed by atoms with Crippen LogP contribution in [0.15, 0.2) is 47.4 Å². The Bertz CT molecular complexity index is 613. The van der Waals surface area contributed by atoms with Gasteiger partial charge in [0, 0.05) is 22.8 Å². The fourth-order valence-electron chi connectivity index (χ4n) is 1.71. The number of halogens is 1. The van der Waals surface area contributed by atoms with Crippen molar-refractivity contribution in [1.82, 2.24) is 9.55 Å². The molecule has 0 radical (unpaired) electrons. The predicted octanol–water partition coefficient (Wildman–Crippen LogP) is 3.33. The smallest absolute Gasteiger partial charge is 0.134 e. The van der Waals surface area contributed by atoms with Gasteiger partial charge in [0.05, 0.1) is 12.9 Å². The maximum Gasteiger partial charge on any atom is 0.134 e. The van der Waals surface area contributed by atoms with Gasteiger partial charge < -0.3 is 8.98 Å². The number of imidazole rings is 1. The third-order valence-corrected chi connectivity index (χ3v) is 2.66. The SMILES string of the molecule is Clc1ccc2oc(Cn3ccnc3)cc2c1. The van der Waals surface area contributed by atoms with Crippen LogP contribution >= 0.6 is 11.6 Å². The molecule has 0 unspecified atom stereocenters. The average molecular weight is 233 g/mol. The summed E-state index contributed by atoms with van der Waals surface area (Å²) in [7, 11) is 0. The van der Waals surface area contributed by atoms with Gasteiger partial charge in [-0.05, 0) is 24.3 Å². The first-order chi connectivity index (χ1) is 7.81. The van der Waals surface area contributed by atoms with Gasteiger partial charge in [0.15, 0.2) is 0 Å². The summed E-state index contributed by atoms with van der Waals surface area (Å²) in [5.41, 5.74) is 0.861. The molecule has 3 rings (SSSR count). The summed E-state index contributed by atoms with van der Waals surface area (Å²) in [6, 6.07) is 7.61. The molecule has 4 heteroatoms. The third kappa shape index (κ3) is 1.70. The summed E-state index contributed by atoms with van der Waals surface area (Å²) < 4.78 is 7.65. The van der Waals surface area contributed by atoms with E-state index < -0.39 is 0 Å². The first-order valence-corrected chi connectivity index (χ1v) is 5.33. The number of fused-ring (bicyclic) bond motifs is 1. The number of benzene rings is 1. The van der Waals surface area contributed by atoms with E-state index in [0.717, 1.165) is 21.8 Å². The highest BCUT2D eigenvalue weighted by Gasteiger charge is 2.04. The van der Waals surface area contributed by atoms with Crippen LogP contribution in [0.4, 0.5) is 0 Å². The minimum absolute atomic E-state index is 0.687. The number of aromatic nitrogens is 2. The molecule has 0 fully saturated rings. The lowest BCUT2D eigenvalue weighted by Gasteiger charge is -1.96. The van der Waals surface area contributed by atoms with Crippen molar-refractivity contribution in [2.45, 2.75) is 6.54 Å². The molecule has 2 heterocycles. The highest BCUT2D eigenvalue weighted by molar-refractivity contribution is 6.31. The lowest BCUT2D eigenvalue weighted by Crippen LogP contribution is -1.93. The van der Waals surface area contributed by atoms with E-state index in [1.165, 1.54) is 0 Å². The Morgan fingerprint density at radius 3 is 3.06 bits per heavy atom. The summed E-state index contributed by atoms with van der Waals surface area (Å²) in [6.07, 6.45) is 5.42. The van der Waals surface area contributed by atoms with Crippen LogP contribution in [0.25, 0.3) is 11.0 Å². The zero-order chi connectivity index (χ0) is 11.0. The van der Waals surface area contributed by atoms with E-state index >= 15 is 0 Å². The molecule has 16 heavy (non-hydrogen) atoms. The molecule has 0 saturated carbocycles. The molecule has 80 valence electrons. The van der Waals surface area contributed by atoms with Gasteiger partial charge in [-0.3, -0.25) is 0 Å². The molecule has 0 saturated heterocycles. The minimum Gasteiger partial charge on any atom is -0.459 e. The number of nitrogens with zero attached hydrogens (tertiary/aromatic N) is 2. The summed E-state index contributed by atoms with van der Waals surface area (Å²) in [6.45, 7) is 0.687.